The van der Waals surface area contributed by atoms with Crippen molar-refractivity contribution in [2.75, 3.05) is 13.2 Å². The highest BCUT2D eigenvalue weighted by atomic mass is 16.7. The van der Waals surface area contributed by atoms with E-state index in [9.17, 15) is 40.5 Å². The number of rotatable bonds is 4. The first-order valence-electron chi connectivity index (χ1n) is 13.4. The summed E-state index contributed by atoms with van der Waals surface area (Å²) in [6, 6.07) is 0. The number of esters is 1. The van der Waals surface area contributed by atoms with E-state index in [1.165, 1.54) is 0 Å². The molecule has 10 heteroatoms. The van der Waals surface area contributed by atoms with E-state index >= 15 is 0 Å². The number of fused-ring (bicyclic) bond motifs is 3. The minimum absolute atomic E-state index is 0.0410. The molecule has 12 atom stereocenters. The van der Waals surface area contributed by atoms with Gasteiger partial charge >= 0.3 is 5.97 Å². The van der Waals surface area contributed by atoms with Gasteiger partial charge < -0.3 is 45.2 Å². The summed E-state index contributed by atoms with van der Waals surface area (Å²) < 4.78 is 11.1. The summed E-state index contributed by atoms with van der Waals surface area (Å²) in [6.07, 6.45) is -1.83. The molecule has 4 saturated carbocycles. The van der Waals surface area contributed by atoms with Crippen molar-refractivity contribution in [3.63, 3.8) is 0 Å². The third-order valence-corrected chi connectivity index (χ3v) is 11.2. The zero-order valence-corrected chi connectivity index (χ0v) is 21.2. The van der Waals surface area contributed by atoms with Gasteiger partial charge in [-0.05, 0) is 81.0 Å². The Kier molecular flexibility index (Phi) is 6.37. The second-order valence-electron chi connectivity index (χ2n) is 13.0. The highest BCUT2D eigenvalue weighted by molar-refractivity contribution is 5.77. The van der Waals surface area contributed by atoms with Crippen LogP contribution in [0, 0.1) is 28.1 Å². The van der Waals surface area contributed by atoms with Crippen molar-refractivity contribution in [2.24, 2.45) is 28.1 Å². The van der Waals surface area contributed by atoms with Gasteiger partial charge in [-0.2, -0.15) is 0 Å². The van der Waals surface area contributed by atoms with Gasteiger partial charge in [0.1, 0.15) is 30.0 Å². The summed E-state index contributed by atoms with van der Waals surface area (Å²) in [5.41, 5.74) is -4.23. The molecule has 0 amide bonds. The number of carbonyl (C=O) groups is 1. The summed E-state index contributed by atoms with van der Waals surface area (Å²) in [5.74, 6) is -0.408. The van der Waals surface area contributed by atoms with Crippen molar-refractivity contribution in [3.05, 3.63) is 0 Å². The molecule has 0 aromatic heterocycles. The van der Waals surface area contributed by atoms with Crippen LogP contribution >= 0.6 is 0 Å². The summed E-state index contributed by atoms with van der Waals surface area (Å²) in [6.45, 7) is 3.02. The first kappa shape index (κ1) is 26.7. The summed E-state index contributed by atoms with van der Waals surface area (Å²) >= 11 is 0. The maximum atomic E-state index is 13.7. The molecule has 7 N–H and O–H groups in total. The third-order valence-electron chi connectivity index (χ3n) is 11.2. The van der Waals surface area contributed by atoms with Crippen LogP contribution in [-0.2, 0) is 14.3 Å². The number of carbonyl (C=O) groups excluding carboxylic acids is 1. The van der Waals surface area contributed by atoms with Crippen molar-refractivity contribution < 1.29 is 50.0 Å². The SMILES string of the molecule is CC1(C(=O)O[C@@H]2O[C@H](CO)[C@@H](O)[C@H](O)[C@H]2O)CCCC2(C)C3CCC4(O)CC3(CCC12)CC4(O)CO. The Balaban J connectivity index is 1.39. The molecule has 7 unspecified atom stereocenters. The van der Waals surface area contributed by atoms with Crippen molar-refractivity contribution >= 4 is 5.97 Å². The molecule has 5 fully saturated rings. The fourth-order valence-electron chi connectivity index (χ4n) is 9.46. The Morgan fingerprint density at radius 2 is 1.61 bits per heavy atom. The van der Waals surface area contributed by atoms with E-state index in [-0.39, 0.29) is 22.7 Å². The van der Waals surface area contributed by atoms with Gasteiger partial charge in [0.25, 0.3) is 0 Å². The van der Waals surface area contributed by atoms with Crippen molar-refractivity contribution in [2.45, 2.75) is 114 Å². The van der Waals surface area contributed by atoms with Gasteiger partial charge in [-0.1, -0.05) is 13.3 Å². The van der Waals surface area contributed by atoms with Crippen LogP contribution in [0.2, 0.25) is 0 Å². The van der Waals surface area contributed by atoms with Crippen LogP contribution in [-0.4, -0.2) is 96.8 Å². The molecule has 4 aliphatic carbocycles. The Bertz CT molecular complexity index is 881. The number of ether oxygens (including phenoxy) is 2. The lowest BCUT2D eigenvalue weighted by atomic mass is 9.41. The van der Waals surface area contributed by atoms with E-state index in [4.69, 9.17) is 9.47 Å². The van der Waals surface area contributed by atoms with Gasteiger partial charge in [0.15, 0.2) is 0 Å². The molecule has 1 spiro atoms. The topological polar surface area (TPSA) is 177 Å². The number of aliphatic hydroxyl groups excluding tert-OH is 5. The van der Waals surface area contributed by atoms with E-state index in [0.717, 1.165) is 19.3 Å². The van der Waals surface area contributed by atoms with Crippen LogP contribution in [0.4, 0.5) is 0 Å². The zero-order valence-electron chi connectivity index (χ0n) is 21.2. The maximum absolute atomic E-state index is 13.7. The standard InChI is InChI=1S/C26H42O10/c1-22-6-3-7-23(2,21(32)36-20-19(31)18(30)17(29)14(10-27)35-20)15(22)4-8-24-11-25(33,9-5-16(22)24)26(34,12-24)13-28/h14-20,27-31,33-34H,3-13H2,1-2H3/t14-,15?,16?,17-,18+,19-,20+,22?,23?,24?,25?,26?/m1/s1. The molecule has 206 valence electrons. The van der Waals surface area contributed by atoms with Crippen LogP contribution < -0.4 is 0 Å². The highest BCUT2D eigenvalue weighted by Gasteiger charge is 2.72. The predicted octanol–water partition coefficient (Wildman–Crippen LogP) is -0.419. The normalized spacial score (nSPS) is 56.5. The molecule has 5 rings (SSSR count). The number of aliphatic hydroxyl groups is 7. The predicted molar refractivity (Wildman–Crippen MR) is 124 cm³/mol. The Labute approximate surface area is 211 Å². The third kappa shape index (κ3) is 3.49. The lowest BCUT2D eigenvalue weighted by molar-refractivity contribution is -0.298. The molecule has 0 aromatic carbocycles. The highest BCUT2D eigenvalue weighted by Crippen LogP contribution is 2.73. The maximum Gasteiger partial charge on any atom is 0.314 e. The smallest absolute Gasteiger partial charge is 0.314 e. The average molecular weight is 515 g/mol. The van der Waals surface area contributed by atoms with Crippen LogP contribution in [0.5, 0.6) is 0 Å². The molecular weight excluding hydrogens is 472 g/mol. The quantitative estimate of drug-likeness (QED) is 0.244. The summed E-state index contributed by atoms with van der Waals surface area (Å²) in [5, 5.41) is 72.4. The minimum Gasteiger partial charge on any atom is -0.432 e. The molecule has 5 aliphatic rings. The van der Waals surface area contributed by atoms with E-state index < -0.39 is 66.5 Å². The van der Waals surface area contributed by atoms with Gasteiger partial charge in [0.05, 0.1) is 24.2 Å². The van der Waals surface area contributed by atoms with Crippen LogP contribution in [0.25, 0.3) is 0 Å². The van der Waals surface area contributed by atoms with E-state index in [2.05, 4.69) is 6.92 Å². The second-order valence-corrected chi connectivity index (χ2v) is 13.0. The average Bonchev–Trinajstić information content (AvgIpc) is 2.99. The van der Waals surface area contributed by atoms with Gasteiger partial charge in [-0.3, -0.25) is 4.79 Å². The Morgan fingerprint density at radius 3 is 2.28 bits per heavy atom. The molecule has 1 saturated heterocycles. The monoisotopic (exact) mass is 514 g/mol. The first-order valence-corrected chi connectivity index (χ1v) is 13.4. The van der Waals surface area contributed by atoms with E-state index in [1.54, 1.807) is 0 Å². The molecule has 0 aromatic rings. The second kappa shape index (κ2) is 8.58. The van der Waals surface area contributed by atoms with Crippen molar-refractivity contribution in [1.82, 2.24) is 0 Å². The molecule has 2 bridgehead atoms. The van der Waals surface area contributed by atoms with Crippen LogP contribution in [0.15, 0.2) is 0 Å². The van der Waals surface area contributed by atoms with Gasteiger partial charge in [-0.25, -0.2) is 0 Å². The van der Waals surface area contributed by atoms with Gasteiger partial charge in [-0.15, -0.1) is 0 Å². The van der Waals surface area contributed by atoms with Crippen LogP contribution in [0.3, 0.4) is 0 Å². The number of hydrogen-bond acceptors (Lipinski definition) is 10. The van der Waals surface area contributed by atoms with E-state index in [1.807, 2.05) is 6.92 Å². The first-order chi connectivity index (χ1) is 16.8. The summed E-state index contributed by atoms with van der Waals surface area (Å²) in [4.78, 5) is 13.7. The zero-order chi connectivity index (χ0) is 26.3. The largest absolute Gasteiger partial charge is 0.432 e. The summed E-state index contributed by atoms with van der Waals surface area (Å²) in [7, 11) is 0. The fraction of sp³-hybridized carbons (Fsp3) is 0.962. The number of hydrogen-bond donors (Lipinski definition) is 7. The Morgan fingerprint density at radius 1 is 0.917 bits per heavy atom. The molecule has 36 heavy (non-hydrogen) atoms. The Hall–Kier alpha value is -0.850. The molecule has 1 aliphatic heterocycles. The van der Waals surface area contributed by atoms with Crippen LogP contribution in [0.1, 0.15) is 71.6 Å². The van der Waals surface area contributed by atoms with Crippen molar-refractivity contribution in [3.8, 4) is 0 Å². The molecule has 10 nitrogen and oxygen atoms in total. The molecular formula is C26H42O10. The van der Waals surface area contributed by atoms with Crippen molar-refractivity contribution in [1.29, 1.82) is 0 Å². The lowest BCUT2D eigenvalue weighted by Crippen LogP contribution is -2.62. The fourth-order valence-corrected chi connectivity index (χ4v) is 9.46. The molecule has 0 radical (unpaired) electrons. The van der Waals surface area contributed by atoms with Gasteiger partial charge in [0, 0.05) is 0 Å². The lowest BCUT2D eigenvalue weighted by Gasteiger charge is -2.63. The van der Waals surface area contributed by atoms with Gasteiger partial charge in [0.2, 0.25) is 6.29 Å². The van der Waals surface area contributed by atoms with E-state index in [0.29, 0.717) is 38.5 Å². The minimum atomic E-state index is -1.65. The molecule has 1 heterocycles.